The minimum Gasteiger partial charge on any atom is -0.481 e. The Morgan fingerprint density at radius 1 is 1.70 bits per heavy atom. The SMILES string of the molecule is O=C(O)C1CCCNC1Br. The van der Waals surface area contributed by atoms with E-state index in [4.69, 9.17) is 5.11 Å². The summed E-state index contributed by atoms with van der Waals surface area (Å²) in [7, 11) is 0. The first kappa shape index (κ1) is 8.01. The maximum Gasteiger partial charge on any atom is 0.308 e. The molecule has 0 bridgehead atoms. The van der Waals surface area contributed by atoms with Gasteiger partial charge in [0.25, 0.3) is 0 Å². The van der Waals surface area contributed by atoms with Crippen molar-refractivity contribution in [2.75, 3.05) is 6.54 Å². The number of carboxylic acid groups (broad SMARTS) is 1. The summed E-state index contributed by atoms with van der Waals surface area (Å²) in [6, 6.07) is 0. The minimum atomic E-state index is -0.714. The van der Waals surface area contributed by atoms with Gasteiger partial charge in [-0.05, 0) is 19.4 Å². The molecule has 10 heavy (non-hydrogen) atoms. The van der Waals surface area contributed by atoms with E-state index in [0.29, 0.717) is 0 Å². The smallest absolute Gasteiger partial charge is 0.308 e. The molecular formula is C6H10BrNO2. The Kier molecular flexibility index (Phi) is 2.68. The fraction of sp³-hybridized carbons (Fsp3) is 0.833. The first-order chi connectivity index (χ1) is 4.72. The largest absolute Gasteiger partial charge is 0.481 e. The highest BCUT2D eigenvalue weighted by atomic mass is 79.9. The molecule has 2 unspecified atom stereocenters. The van der Waals surface area contributed by atoms with Gasteiger partial charge < -0.3 is 10.4 Å². The van der Waals surface area contributed by atoms with Crippen molar-refractivity contribution in [1.29, 1.82) is 0 Å². The molecule has 0 aliphatic carbocycles. The van der Waals surface area contributed by atoms with E-state index in [1.54, 1.807) is 0 Å². The van der Waals surface area contributed by atoms with Crippen LogP contribution < -0.4 is 5.32 Å². The summed E-state index contributed by atoms with van der Waals surface area (Å²) < 4.78 is 0. The maximum atomic E-state index is 10.5. The van der Waals surface area contributed by atoms with Gasteiger partial charge in [0.2, 0.25) is 0 Å². The number of alkyl halides is 1. The van der Waals surface area contributed by atoms with Gasteiger partial charge in [-0.2, -0.15) is 0 Å². The molecule has 0 aromatic carbocycles. The van der Waals surface area contributed by atoms with E-state index < -0.39 is 5.97 Å². The second kappa shape index (κ2) is 3.34. The highest BCUT2D eigenvalue weighted by Crippen LogP contribution is 2.20. The second-order valence-corrected chi connectivity index (χ2v) is 3.43. The van der Waals surface area contributed by atoms with Crippen LogP contribution in [-0.2, 0) is 4.79 Å². The van der Waals surface area contributed by atoms with Gasteiger partial charge in [0, 0.05) is 0 Å². The summed E-state index contributed by atoms with van der Waals surface area (Å²) in [4.78, 5) is 10.5. The van der Waals surface area contributed by atoms with E-state index in [9.17, 15) is 4.79 Å². The highest BCUT2D eigenvalue weighted by Gasteiger charge is 2.27. The summed E-state index contributed by atoms with van der Waals surface area (Å²) in [5.74, 6) is -0.970. The molecule has 2 atom stereocenters. The van der Waals surface area contributed by atoms with Crippen LogP contribution in [0.15, 0.2) is 0 Å². The molecule has 0 aromatic heterocycles. The van der Waals surface area contributed by atoms with Crippen molar-refractivity contribution in [1.82, 2.24) is 5.32 Å². The van der Waals surface area contributed by atoms with E-state index in [0.717, 1.165) is 19.4 Å². The van der Waals surface area contributed by atoms with Gasteiger partial charge in [-0.3, -0.25) is 4.79 Å². The van der Waals surface area contributed by atoms with Gasteiger partial charge in [0.1, 0.15) is 0 Å². The number of hydrogen-bond donors (Lipinski definition) is 2. The van der Waals surface area contributed by atoms with Gasteiger partial charge in [-0.25, -0.2) is 0 Å². The molecule has 4 heteroatoms. The molecule has 0 aromatic rings. The molecule has 0 spiro atoms. The molecule has 0 saturated carbocycles. The van der Waals surface area contributed by atoms with Gasteiger partial charge in [0.15, 0.2) is 0 Å². The van der Waals surface area contributed by atoms with Crippen LogP contribution in [0.2, 0.25) is 0 Å². The lowest BCUT2D eigenvalue weighted by Gasteiger charge is -2.24. The number of rotatable bonds is 1. The lowest BCUT2D eigenvalue weighted by atomic mass is 10.0. The predicted octanol–water partition coefficient (Wildman–Crippen LogP) is 0.792. The van der Waals surface area contributed by atoms with E-state index in [1.807, 2.05) is 0 Å². The van der Waals surface area contributed by atoms with Crippen molar-refractivity contribution in [2.24, 2.45) is 5.92 Å². The fourth-order valence-electron chi connectivity index (χ4n) is 1.10. The van der Waals surface area contributed by atoms with Crippen LogP contribution >= 0.6 is 15.9 Å². The Balaban J connectivity index is 2.47. The molecule has 1 rings (SSSR count). The topological polar surface area (TPSA) is 49.3 Å². The third kappa shape index (κ3) is 1.70. The van der Waals surface area contributed by atoms with E-state index in [-0.39, 0.29) is 10.9 Å². The Bertz CT molecular complexity index is 140. The monoisotopic (exact) mass is 207 g/mol. The number of piperidine rings is 1. The lowest BCUT2D eigenvalue weighted by molar-refractivity contribution is -0.142. The van der Waals surface area contributed by atoms with Crippen LogP contribution in [0.25, 0.3) is 0 Å². The van der Waals surface area contributed by atoms with Crippen molar-refractivity contribution in [3.05, 3.63) is 0 Å². The number of hydrogen-bond acceptors (Lipinski definition) is 2. The van der Waals surface area contributed by atoms with Gasteiger partial charge in [0.05, 0.1) is 10.9 Å². The number of nitrogens with one attached hydrogen (secondary N) is 1. The van der Waals surface area contributed by atoms with Crippen molar-refractivity contribution < 1.29 is 9.90 Å². The average Bonchev–Trinajstić information content (AvgIpc) is 1.88. The van der Waals surface area contributed by atoms with Crippen LogP contribution in [0.5, 0.6) is 0 Å². The summed E-state index contributed by atoms with van der Waals surface area (Å²) in [6.07, 6.45) is 1.73. The molecule has 58 valence electrons. The Morgan fingerprint density at radius 2 is 2.40 bits per heavy atom. The molecular weight excluding hydrogens is 198 g/mol. The van der Waals surface area contributed by atoms with Gasteiger partial charge in [-0.15, -0.1) is 0 Å². The lowest BCUT2D eigenvalue weighted by Crippen LogP contribution is -2.40. The van der Waals surface area contributed by atoms with Gasteiger partial charge >= 0.3 is 5.97 Å². The number of halogens is 1. The average molecular weight is 208 g/mol. The van der Waals surface area contributed by atoms with Crippen molar-refractivity contribution in [3.63, 3.8) is 0 Å². The zero-order valence-electron chi connectivity index (χ0n) is 5.51. The number of carboxylic acids is 1. The van der Waals surface area contributed by atoms with Crippen molar-refractivity contribution >= 4 is 21.9 Å². The molecule has 1 fully saturated rings. The Labute approximate surface area is 67.9 Å². The van der Waals surface area contributed by atoms with Crippen LogP contribution in [0.1, 0.15) is 12.8 Å². The standard InChI is InChI=1S/C6H10BrNO2/c7-5-4(6(9)10)2-1-3-8-5/h4-5,8H,1-3H2,(H,9,10). The summed E-state index contributed by atoms with van der Waals surface area (Å²) in [5.41, 5.74) is 0. The zero-order chi connectivity index (χ0) is 7.56. The summed E-state index contributed by atoms with van der Waals surface area (Å²) in [5, 5.41) is 11.7. The van der Waals surface area contributed by atoms with Crippen LogP contribution in [0.3, 0.4) is 0 Å². The highest BCUT2D eigenvalue weighted by molar-refractivity contribution is 9.09. The van der Waals surface area contributed by atoms with Crippen molar-refractivity contribution in [2.45, 2.75) is 17.8 Å². The molecule has 1 aliphatic rings. The second-order valence-electron chi connectivity index (χ2n) is 2.44. The third-order valence-electron chi connectivity index (χ3n) is 1.70. The minimum absolute atomic E-state index is 0.0428. The maximum absolute atomic E-state index is 10.5. The Morgan fingerprint density at radius 3 is 2.80 bits per heavy atom. The van der Waals surface area contributed by atoms with Crippen LogP contribution in [-0.4, -0.2) is 22.6 Å². The molecule has 1 saturated heterocycles. The predicted molar refractivity (Wildman–Crippen MR) is 41.1 cm³/mol. The zero-order valence-corrected chi connectivity index (χ0v) is 7.10. The summed E-state index contributed by atoms with van der Waals surface area (Å²) in [6.45, 7) is 0.916. The first-order valence-electron chi connectivity index (χ1n) is 3.32. The molecule has 0 amide bonds. The first-order valence-corrected chi connectivity index (χ1v) is 4.23. The fourth-order valence-corrected chi connectivity index (χ4v) is 1.82. The van der Waals surface area contributed by atoms with E-state index >= 15 is 0 Å². The molecule has 3 nitrogen and oxygen atoms in total. The number of carbonyl (C=O) groups is 1. The number of aliphatic carboxylic acids is 1. The normalized spacial score (nSPS) is 33.7. The van der Waals surface area contributed by atoms with Crippen LogP contribution in [0, 0.1) is 5.92 Å². The molecule has 1 aliphatic heterocycles. The molecule has 1 heterocycles. The quantitative estimate of drug-likeness (QED) is 0.494. The van der Waals surface area contributed by atoms with Gasteiger partial charge in [-0.1, -0.05) is 15.9 Å². The Hall–Kier alpha value is -0.0900. The molecule has 2 N–H and O–H groups in total. The molecule has 0 radical (unpaired) electrons. The summed E-state index contributed by atoms with van der Waals surface area (Å²) >= 11 is 3.26. The van der Waals surface area contributed by atoms with E-state index in [2.05, 4.69) is 21.2 Å². The van der Waals surface area contributed by atoms with E-state index in [1.165, 1.54) is 0 Å². The van der Waals surface area contributed by atoms with Crippen molar-refractivity contribution in [3.8, 4) is 0 Å². The van der Waals surface area contributed by atoms with Crippen LogP contribution in [0.4, 0.5) is 0 Å². The third-order valence-corrected chi connectivity index (χ3v) is 2.66.